The van der Waals surface area contributed by atoms with Gasteiger partial charge in [-0.2, -0.15) is 0 Å². The Bertz CT molecular complexity index is 622. The van der Waals surface area contributed by atoms with Crippen molar-refractivity contribution in [2.24, 2.45) is 11.1 Å². The van der Waals surface area contributed by atoms with Crippen LogP contribution in [0.1, 0.15) is 54.9 Å². The molecular formula is C14H22N2O3S2. The second kappa shape index (κ2) is 6.46. The average molecular weight is 330 g/mol. The van der Waals surface area contributed by atoms with Crippen LogP contribution in [0, 0.1) is 12.8 Å². The molecule has 1 aliphatic rings. The molecule has 1 aromatic rings. The highest BCUT2D eigenvalue weighted by atomic mass is 32.2. The zero-order valence-corrected chi connectivity index (χ0v) is 14.0. The predicted octanol–water partition coefficient (Wildman–Crippen LogP) is 2.40. The van der Waals surface area contributed by atoms with Gasteiger partial charge in [0.2, 0.25) is 10.0 Å². The van der Waals surface area contributed by atoms with E-state index in [0.29, 0.717) is 17.0 Å². The van der Waals surface area contributed by atoms with Crippen LogP contribution in [-0.4, -0.2) is 20.4 Å². The van der Waals surface area contributed by atoms with E-state index < -0.39 is 10.0 Å². The molecule has 1 aliphatic carbocycles. The quantitative estimate of drug-likeness (QED) is 0.888. The lowest BCUT2D eigenvalue weighted by molar-refractivity contribution is 0.0919. The Balaban J connectivity index is 2.09. The summed E-state index contributed by atoms with van der Waals surface area (Å²) in [5.41, 5.74) is 0.866. The van der Waals surface area contributed by atoms with Crippen molar-refractivity contribution in [3.05, 3.63) is 16.5 Å². The molecule has 0 radical (unpaired) electrons. The van der Waals surface area contributed by atoms with Gasteiger partial charge in [-0.25, -0.2) is 13.6 Å². The van der Waals surface area contributed by atoms with Gasteiger partial charge in [-0.1, -0.05) is 26.2 Å². The zero-order chi connectivity index (χ0) is 15.6. The zero-order valence-electron chi connectivity index (χ0n) is 12.4. The summed E-state index contributed by atoms with van der Waals surface area (Å²) in [5.74, 6) is 0.480. The average Bonchev–Trinajstić information content (AvgIpc) is 2.80. The lowest BCUT2D eigenvalue weighted by atomic mass is 9.84. The number of nitrogens with one attached hydrogen (secondary N) is 1. The van der Waals surface area contributed by atoms with Gasteiger partial charge in [0.15, 0.2) is 0 Å². The lowest BCUT2D eigenvalue weighted by Crippen LogP contribution is -2.38. The Morgan fingerprint density at radius 2 is 2.19 bits per heavy atom. The number of amides is 1. The Labute approximate surface area is 130 Å². The van der Waals surface area contributed by atoms with Gasteiger partial charge in [0.25, 0.3) is 5.91 Å². The summed E-state index contributed by atoms with van der Waals surface area (Å²) in [6.07, 6.45) is 5.50. The Morgan fingerprint density at radius 3 is 2.76 bits per heavy atom. The molecule has 5 nitrogen and oxygen atoms in total. The van der Waals surface area contributed by atoms with Crippen molar-refractivity contribution in [1.29, 1.82) is 0 Å². The highest BCUT2D eigenvalue weighted by Crippen LogP contribution is 2.28. The molecule has 0 saturated heterocycles. The van der Waals surface area contributed by atoms with Crippen molar-refractivity contribution in [2.45, 2.75) is 56.2 Å². The smallest absolute Gasteiger partial charge is 0.252 e. The normalized spacial score (nSPS) is 23.0. The van der Waals surface area contributed by atoms with Crippen molar-refractivity contribution in [3.8, 4) is 0 Å². The molecule has 3 N–H and O–H groups in total. The summed E-state index contributed by atoms with van der Waals surface area (Å²) in [4.78, 5) is 12.3. The van der Waals surface area contributed by atoms with Gasteiger partial charge >= 0.3 is 0 Å². The van der Waals surface area contributed by atoms with Gasteiger partial charge in [0.1, 0.15) is 4.21 Å². The molecule has 0 spiro atoms. The van der Waals surface area contributed by atoms with Crippen molar-refractivity contribution in [2.75, 3.05) is 0 Å². The summed E-state index contributed by atoms with van der Waals surface area (Å²) in [6, 6.07) is 0.188. The molecule has 0 bridgehead atoms. The van der Waals surface area contributed by atoms with Gasteiger partial charge in [-0.05, 0) is 31.2 Å². The van der Waals surface area contributed by atoms with Crippen LogP contribution in [0.25, 0.3) is 0 Å². The Hall–Kier alpha value is -0.920. The van der Waals surface area contributed by atoms with E-state index in [-0.39, 0.29) is 16.2 Å². The van der Waals surface area contributed by atoms with Gasteiger partial charge in [-0.3, -0.25) is 4.79 Å². The summed E-state index contributed by atoms with van der Waals surface area (Å²) < 4.78 is 22.9. The Morgan fingerprint density at radius 1 is 1.48 bits per heavy atom. The summed E-state index contributed by atoms with van der Waals surface area (Å²) in [6.45, 7) is 3.80. The first-order chi connectivity index (χ1) is 9.82. The number of sulfonamides is 1. The van der Waals surface area contributed by atoms with Crippen molar-refractivity contribution in [1.82, 2.24) is 5.32 Å². The van der Waals surface area contributed by atoms with E-state index in [4.69, 9.17) is 5.14 Å². The first kappa shape index (κ1) is 16.5. The fourth-order valence-electron chi connectivity index (χ4n) is 2.96. The fraction of sp³-hybridized carbons (Fsp3) is 0.643. The number of rotatable bonds is 4. The predicted molar refractivity (Wildman–Crippen MR) is 83.9 cm³/mol. The summed E-state index contributed by atoms with van der Waals surface area (Å²) >= 11 is 1.00. The van der Waals surface area contributed by atoms with Gasteiger partial charge in [-0.15, -0.1) is 11.3 Å². The third kappa shape index (κ3) is 3.84. The molecule has 2 unspecified atom stereocenters. The van der Waals surface area contributed by atoms with E-state index in [1.165, 1.54) is 6.42 Å². The maximum Gasteiger partial charge on any atom is 0.252 e. The van der Waals surface area contributed by atoms with Crippen LogP contribution in [0.3, 0.4) is 0 Å². The minimum absolute atomic E-state index is 0.0720. The molecule has 1 aromatic heterocycles. The van der Waals surface area contributed by atoms with Crippen molar-refractivity contribution < 1.29 is 13.2 Å². The van der Waals surface area contributed by atoms with Crippen molar-refractivity contribution >= 4 is 27.3 Å². The van der Waals surface area contributed by atoms with Crippen LogP contribution < -0.4 is 10.5 Å². The third-order valence-corrected chi connectivity index (χ3v) is 6.87. The van der Waals surface area contributed by atoms with Crippen LogP contribution in [0.4, 0.5) is 0 Å². The summed E-state index contributed by atoms with van der Waals surface area (Å²) in [5, 5.41) is 9.75. The highest BCUT2D eigenvalue weighted by molar-refractivity contribution is 7.91. The SMILES string of the molecule is CCC1CCCC(NC(=O)c2csc(S(N)(=O)=O)c2C)C1. The largest absolute Gasteiger partial charge is 0.349 e. The molecule has 2 atom stereocenters. The first-order valence-electron chi connectivity index (χ1n) is 7.24. The molecule has 118 valence electrons. The molecular weight excluding hydrogens is 308 g/mol. The molecule has 1 fully saturated rings. The van der Waals surface area contributed by atoms with E-state index in [9.17, 15) is 13.2 Å². The van der Waals surface area contributed by atoms with Crippen LogP contribution in [-0.2, 0) is 10.0 Å². The van der Waals surface area contributed by atoms with E-state index >= 15 is 0 Å². The molecule has 21 heavy (non-hydrogen) atoms. The third-order valence-electron chi connectivity index (χ3n) is 4.19. The number of nitrogens with two attached hydrogens (primary N) is 1. The van der Waals surface area contributed by atoms with Crippen LogP contribution >= 0.6 is 11.3 Å². The highest BCUT2D eigenvalue weighted by Gasteiger charge is 2.25. The number of thiophene rings is 1. The number of hydrogen-bond donors (Lipinski definition) is 2. The molecule has 0 aliphatic heterocycles. The molecule has 1 heterocycles. The van der Waals surface area contributed by atoms with E-state index in [0.717, 1.165) is 37.0 Å². The second-order valence-corrected chi connectivity index (χ2v) is 8.35. The topological polar surface area (TPSA) is 89.3 Å². The van der Waals surface area contributed by atoms with E-state index in [2.05, 4.69) is 12.2 Å². The van der Waals surface area contributed by atoms with Crippen LogP contribution in [0.5, 0.6) is 0 Å². The molecule has 0 aromatic carbocycles. The van der Waals surface area contributed by atoms with E-state index in [1.54, 1.807) is 12.3 Å². The number of carbonyl (C=O) groups is 1. The molecule has 1 amide bonds. The fourth-order valence-corrected chi connectivity index (χ4v) is 4.97. The van der Waals surface area contributed by atoms with Gasteiger partial charge in [0, 0.05) is 11.4 Å². The first-order valence-corrected chi connectivity index (χ1v) is 9.67. The standard InChI is InChI=1S/C14H22N2O3S2/c1-3-10-5-4-6-11(7-10)16-13(17)12-8-20-14(9(12)2)21(15,18)19/h8,10-11H,3-7H2,1-2H3,(H,16,17)(H2,15,18,19). The maximum atomic E-state index is 12.3. The maximum absolute atomic E-state index is 12.3. The summed E-state index contributed by atoms with van der Waals surface area (Å²) in [7, 11) is -3.75. The molecule has 2 rings (SSSR count). The van der Waals surface area contributed by atoms with Gasteiger partial charge < -0.3 is 5.32 Å². The molecule has 7 heteroatoms. The minimum Gasteiger partial charge on any atom is -0.349 e. The monoisotopic (exact) mass is 330 g/mol. The number of primary sulfonamides is 1. The van der Waals surface area contributed by atoms with Crippen molar-refractivity contribution in [3.63, 3.8) is 0 Å². The number of carbonyl (C=O) groups excluding carboxylic acids is 1. The van der Waals surface area contributed by atoms with Crippen LogP contribution in [0.2, 0.25) is 0 Å². The molecule has 1 saturated carbocycles. The van der Waals surface area contributed by atoms with Crippen LogP contribution in [0.15, 0.2) is 9.59 Å². The lowest BCUT2D eigenvalue weighted by Gasteiger charge is -2.29. The second-order valence-electron chi connectivity index (χ2n) is 5.72. The number of hydrogen-bond acceptors (Lipinski definition) is 4. The minimum atomic E-state index is -3.75. The van der Waals surface area contributed by atoms with E-state index in [1.807, 2.05) is 0 Å². The Kier molecular flexibility index (Phi) is 5.06. The van der Waals surface area contributed by atoms with Gasteiger partial charge in [0.05, 0.1) is 5.56 Å².